The van der Waals surface area contributed by atoms with E-state index in [4.69, 9.17) is 4.74 Å². The van der Waals surface area contributed by atoms with E-state index < -0.39 is 5.97 Å². The van der Waals surface area contributed by atoms with E-state index >= 15 is 0 Å². The number of hydrogen-bond donors (Lipinski definition) is 0. The van der Waals surface area contributed by atoms with Crippen molar-refractivity contribution in [1.82, 2.24) is 9.78 Å². The molecule has 144 valence electrons. The molecule has 0 fully saturated rings. The van der Waals surface area contributed by atoms with Crippen LogP contribution in [0.3, 0.4) is 0 Å². The quantitative estimate of drug-likeness (QED) is 0.328. The van der Waals surface area contributed by atoms with Crippen molar-refractivity contribution in [2.75, 3.05) is 0 Å². The molecule has 0 N–H and O–H groups in total. The van der Waals surface area contributed by atoms with Gasteiger partial charge in [-0.25, -0.2) is 4.79 Å². The number of para-hydroxylation sites is 1. The molecule has 4 aromatic carbocycles. The Hall–Kier alpha value is -4.25. The molecule has 0 aliphatic rings. The molecule has 5 nitrogen and oxygen atoms in total. The molecule has 0 bridgehead atoms. The van der Waals surface area contributed by atoms with E-state index in [2.05, 4.69) is 5.10 Å². The van der Waals surface area contributed by atoms with Crippen LogP contribution in [0.5, 0.6) is 5.75 Å². The van der Waals surface area contributed by atoms with Crippen molar-refractivity contribution in [2.24, 2.45) is 0 Å². The van der Waals surface area contributed by atoms with Gasteiger partial charge in [0.25, 0.3) is 5.56 Å². The Morgan fingerprint density at radius 2 is 1.40 bits per heavy atom. The maximum atomic E-state index is 13.1. The van der Waals surface area contributed by atoms with E-state index in [9.17, 15) is 9.59 Å². The third-order valence-corrected chi connectivity index (χ3v) is 4.93. The summed E-state index contributed by atoms with van der Waals surface area (Å²) in [6.45, 7) is 0. The van der Waals surface area contributed by atoms with Gasteiger partial charge in [-0.05, 0) is 41.1 Å². The molecule has 5 rings (SSSR count). The van der Waals surface area contributed by atoms with Gasteiger partial charge >= 0.3 is 5.97 Å². The van der Waals surface area contributed by atoms with Crippen molar-refractivity contribution in [3.05, 3.63) is 113 Å². The second-order valence-corrected chi connectivity index (χ2v) is 6.85. The number of hydrogen-bond acceptors (Lipinski definition) is 4. The van der Waals surface area contributed by atoms with Crippen LogP contribution >= 0.6 is 0 Å². The Kier molecular flexibility index (Phi) is 4.33. The number of esters is 1. The van der Waals surface area contributed by atoms with Gasteiger partial charge in [0.15, 0.2) is 5.69 Å². The van der Waals surface area contributed by atoms with Gasteiger partial charge in [-0.3, -0.25) is 4.79 Å². The topological polar surface area (TPSA) is 61.2 Å². The standard InChI is InChI=1S/C25H16N2O3/c28-24-22-13-7-6-12-21(22)23(26-27(24)19-10-2-1-3-11-19)25(29)30-20-15-14-17-8-4-5-9-18(17)16-20/h1-16H. The second kappa shape index (κ2) is 7.29. The summed E-state index contributed by atoms with van der Waals surface area (Å²) in [4.78, 5) is 26.0. The van der Waals surface area contributed by atoms with Crippen molar-refractivity contribution in [3.63, 3.8) is 0 Å². The lowest BCUT2D eigenvalue weighted by molar-refractivity contribution is 0.0729. The molecule has 5 aromatic rings. The predicted octanol–water partition coefficient (Wildman–Crippen LogP) is 4.76. The molecule has 0 amide bonds. The number of nitrogens with zero attached hydrogens (tertiary/aromatic N) is 2. The van der Waals surface area contributed by atoms with Crippen molar-refractivity contribution in [2.45, 2.75) is 0 Å². The maximum absolute atomic E-state index is 13.1. The number of aromatic nitrogens is 2. The molecule has 0 unspecified atom stereocenters. The molecule has 0 atom stereocenters. The Labute approximate surface area is 171 Å². The number of carbonyl (C=O) groups is 1. The van der Waals surface area contributed by atoms with Crippen LogP contribution in [0.15, 0.2) is 102 Å². The molecule has 30 heavy (non-hydrogen) atoms. The summed E-state index contributed by atoms with van der Waals surface area (Å²) in [7, 11) is 0. The molecule has 1 aromatic heterocycles. The lowest BCUT2D eigenvalue weighted by atomic mass is 10.1. The van der Waals surface area contributed by atoms with E-state index in [1.165, 1.54) is 4.68 Å². The molecule has 0 aliphatic carbocycles. The highest BCUT2D eigenvalue weighted by Crippen LogP contribution is 2.22. The molecule has 0 aliphatic heterocycles. The second-order valence-electron chi connectivity index (χ2n) is 6.85. The zero-order valence-electron chi connectivity index (χ0n) is 15.9. The van der Waals surface area contributed by atoms with Crippen LogP contribution in [0.4, 0.5) is 0 Å². The van der Waals surface area contributed by atoms with E-state index in [1.54, 1.807) is 42.5 Å². The lowest BCUT2D eigenvalue weighted by Crippen LogP contribution is -2.25. The Balaban J connectivity index is 1.62. The minimum Gasteiger partial charge on any atom is -0.422 e. The molecule has 0 saturated carbocycles. The first-order chi connectivity index (χ1) is 14.7. The van der Waals surface area contributed by atoms with Crippen LogP contribution < -0.4 is 10.3 Å². The van der Waals surface area contributed by atoms with Crippen molar-refractivity contribution >= 4 is 27.5 Å². The van der Waals surface area contributed by atoms with Crippen LogP contribution in [-0.4, -0.2) is 15.7 Å². The van der Waals surface area contributed by atoms with Crippen LogP contribution in [0, 0.1) is 0 Å². The van der Waals surface area contributed by atoms with Gasteiger partial charge in [0.1, 0.15) is 5.75 Å². The van der Waals surface area contributed by atoms with E-state index in [-0.39, 0.29) is 11.3 Å². The molecular formula is C25H16N2O3. The van der Waals surface area contributed by atoms with Crippen LogP contribution in [0.1, 0.15) is 10.5 Å². The average molecular weight is 392 g/mol. The molecule has 1 heterocycles. The summed E-state index contributed by atoms with van der Waals surface area (Å²) in [5, 5.41) is 7.24. The van der Waals surface area contributed by atoms with Gasteiger partial charge in [-0.15, -0.1) is 0 Å². The Bertz CT molecular complexity index is 1460. The summed E-state index contributed by atoms with van der Waals surface area (Å²) >= 11 is 0. The number of carbonyl (C=O) groups excluding carboxylic acids is 1. The first kappa shape index (κ1) is 17.8. The monoisotopic (exact) mass is 392 g/mol. The normalized spacial score (nSPS) is 10.9. The zero-order chi connectivity index (χ0) is 20.5. The largest absolute Gasteiger partial charge is 0.422 e. The van der Waals surface area contributed by atoms with Crippen LogP contribution in [0.25, 0.3) is 27.2 Å². The van der Waals surface area contributed by atoms with Gasteiger partial charge < -0.3 is 4.74 Å². The average Bonchev–Trinajstić information content (AvgIpc) is 2.80. The van der Waals surface area contributed by atoms with E-state index in [0.717, 1.165) is 10.8 Å². The summed E-state index contributed by atoms with van der Waals surface area (Å²) in [5.74, 6) is -0.201. The number of fused-ring (bicyclic) bond motifs is 2. The van der Waals surface area contributed by atoms with Gasteiger partial charge in [-0.1, -0.05) is 66.7 Å². The lowest BCUT2D eigenvalue weighted by Gasteiger charge is -2.11. The van der Waals surface area contributed by atoms with E-state index in [1.807, 2.05) is 54.6 Å². The molecule has 0 radical (unpaired) electrons. The van der Waals surface area contributed by atoms with Crippen molar-refractivity contribution in [1.29, 1.82) is 0 Å². The Morgan fingerprint density at radius 1 is 0.733 bits per heavy atom. The summed E-state index contributed by atoms with van der Waals surface area (Å²) in [6, 6.07) is 29.2. The molecule has 0 spiro atoms. The first-order valence-corrected chi connectivity index (χ1v) is 9.49. The smallest absolute Gasteiger partial charge is 0.364 e. The highest BCUT2D eigenvalue weighted by Gasteiger charge is 2.19. The van der Waals surface area contributed by atoms with Gasteiger partial charge in [0.2, 0.25) is 0 Å². The van der Waals surface area contributed by atoms with E-state index in [0.29, 0.717) is 22.2 Å². The first-order valence-electron chi connectivity index (χ1n) is 9.49. The Morgan fingerprint density at radius 3 is 2.20 bits per heavy atom. The minimum absolute atomic E-state index is 0.0854. The van der Waals surface area contributed by atoms with Gasteiger partial charge in [-0.2, -0.15) is 9.78 Å². The maximum Gasteiger partial charge on any atom is 0.364 e. The summed E-state index contributed by atoms with van der Waals surface area (Å²) in [6.07, 6.45) is 0. The van der Waals surface area contributed by atoms with Crippen LogP contribution in [-0.2, 0) is 0 Å². The molecule has 5 heteroatoms. The molecule has 0 saturated heterocycles. The fourth-order valence-electron chi connectivity index (χ4n) is 3.47. The number of rotatable bonds is 3. The number of benzene rings is 4. The number of ether oxygens (including phenoxy) is 1. The SMILES string of the molecule is O=C(Oc1ccc2ccccc2c1)c1nn(-c2ccccc2)c(=O)c2ccccc12. The van der Waals surface area contributed by atoms with Crippen LogP contribution in [0.2, 0.25) is 0 Å². The minimum atomic E-state index is -0.619. The van der Waals surface area contributed by atoms with Crippen molar-refractivity contribution < 1.29 is 9.53 Å². The third kappa shape index (κ3) is 3.12. The predicted molar refractivity (Wildman–Crippen MR) is 116 cm³/mol. The summed E-state index contributed by atoms with van der Waals surface area (Å²) in [5.41, 5.74) is 0.370. The highest BCUT2D eigenvalue weighted by molar-refractivity contribution is 6.03. The van der Waals surface area contributed by atoms with Gasteiger partial charge in [0, 0.05) is 5.39 Å². The van der Waals surface area contributed by atoms with Crippen molar-refractivity contribution in [3.8, 4) is 11.4 Å². The zero-order valence-corrected chi connectivity index (χ0v) is 15.9. The summed E-state index contributed by atoms with van der Waals surface area (Å²) < 4.78 is 6.87. The highest BCUT2D eigenvalue weighted by atomic mass is 16.5. The van der Waals surface area contributed by atoms with Gasteiger partial charge in [0.05, 0.1) is 11.1 Å². The fourth-order valence-corrected chi connectivity index (χ4v) is 3.47. The molecular weight excluding hydrogens is 376 g/mol. The third-order valence-electron chi connectivity index (χ3n) is 4.93. The fraction of sp³-hybridized carbons (Fsp3) is 0.